The number of aromatic nitrogens is 1. The van der Waals surface area contributed by atoms with E-state index >= 15 is 0 Å². The molecule has 0 fully saturated rings. The normalized spacial score (nSPS) is 12.0. The molecule has 0 saturated heterocycles. The van der Waals surface area contributed by atoms with Crippen molar-refractivity contribution in [2.45, 2.75) is 12.6 Å². The highest BCUT2D eigenvalue weighted by atomic mass is 35.5. The van der Waals surface area contributed by atoms with Crippen molar-refractivity contribution in [3.63, 3.8) is 0 Å². The number of rotatable bonds is 5. The van der Waals surface area contributed by atoms with Crippen LogP contribution in [-0.4, -0.2) is 22.5 Å². The molecule has 2 aromatic rings. The van der Waals surface area contributed by atoms with Gasteiger partial charge in [-0.2, -0.15) is 0 Å². The summed E-state index contributed by atoms with van der Waals surface area (Å²) < 4.78 is 0. The highest BCUT2D eigenvalue weighted by Crippen LogP contribution is 2.25. The van der Waals surface area contributed by atoms with Crippen molar-refractivity contribution in [3.05, 3.63) is 63.4 Å². The maximum absolute atomic E-state index is 12.0. The lowest BCUT2D eigenvalue weighted by atomic mass is 10.1. The molecule has 0 spiro atoms. The van der Waals surface area contributed by atoms with E-state index in [2.05, 4.69) is 10.3 Å². The Morgan fingerprint density at radius 2 is 2.09 bits per heavy atom. The number of hydrogen-bond acceptors (Lipinski definition) is 4. The second-order valence-corrected chi connectivity index (χ2v) is 5.48. The van der Waals surface area contributed by atoms with E-state index in [1.165, 1.54) is 6.20 Å². The minimum atomic E-state index is -0.926. The lowest BCUT2D eigenvalue weighted by molar-refractivity contribution is 0.0916. The predicted octanol–water partition coefficient (Wildman–Crippen LogP) is 2.31. The summed E-state index contributed by atoms with van der Waals surface area (Å²) in [5.41, 5.74) is 7.04. The number of carbonyl (C=O) groups is 1. The van der Waals surface area contributed by atoms with Crippen LogP contribution in [0.4, 0.5) is 0 Å². The monoisotopic (exact) mass is 339 g/mol. The number of nitrogens with one attached hydrogen (secondary N) is 1. The summed E-state index contributed by atoms with van der Waals surface area (Å²) in [6, 6.07) is 7.98. The zero-order valence-electron chi connectivity index (χ0n) is 11.6. The van der Waals surface area contributed by atoms with Gasteiger partial charge in [0.15, 0.2) is 0 Å². The van der Waals surface area contributed by atoms with E-state index in [0.717, 1.165) is 0 Å². The van der Waals surface area contributed by atoms with E-state index < -0.39 is 6.10 Å². The third-order valence-corrected chi connectivity index (χ3v) is 3.63. The van der Waals surface area contributed by atoms with E-state index in [9.17, 15) is 9.90 Å². The molecule has 0 aliphatic heterocycles. The molecular weight excluding hydrogens is 325 g/mol. The van der Waals surface area contributed by atoms with Gasteiger partial charge in [-0.1, -0.05) is 29.3 Å². The number of nitrogens with two attached hydrogens (primary N) is 1. The topological polar surface area (TPSA) is 88.2 Å². The van der Waals surface area contributed by atoms with Crippen LogP contribution in [0.3, 0.4) is 0 Å². The first-order valence-corrected chi connectivity index (χ1v) is 7.33. The summed E-state index contributed by atoms with van der Waals surface area (Å²) in [5.74, 6) is -0.318. The second-order valence-electron chi connectivity index (χ2n) is 4.63. The van der Waals surface area contributed by atoms with Crippen LogP contribution >= 0.6 is 23.2 Å². The number of benzene rings is 1. The standard InChI is InChI=1S/C15H15Cl2N3O2/c16-10-1-2-12(13(17)6-10)14(21)8-20-15(22)9-3-4-19-11(5-9)7-18/h1-6,14,21H,7-8,18H2,(H,20,22). The highest BCUT2D eigenvalue weighted by molar-refractivity contribution is 6.35. The number of carbonyl (C=O) groups excluding carboxylic acids is 1. The molecule has 1 aromatic heterocycles. The minimum absolute atomic E-state index is 0.0282. The largest absolute Gasteiger partial charge is 0.387 e. The van der Waals surface area contributed by atoms with Gasteiger partial charge in [-0.3, -0.25) is 9.78 Å². The van der Waals surface area contributed by atoms with E-state index in [1.807, 2.05) is 0 Å². The minimum Gasteiger partial charge on any atom is -0.387 e. The van der Waals surface area contributed by atoms with Gasteiger partial charge in [-0.15, -0.1) is 0 Å². The summed E-state index contributed by atoms with van der Waals surface area (Å²) in [6.07, 6.45) is 0.591. The average Bonchev–Trinajstić information content (AvgIpc) is 2.52. The Morgan fingerprint density at radius 3 is 2.77 bits per heavy atom. The van der Waals surface area contributed by atoms with Gasteiger partial charge >= 0.3 is 0 Å². The van der Waals surface area contributed by atoms with Gasteiger partial charge in [0.2, 0.25) is 0 Å². The lowest BCUT2D eigenvalue weighted by Gasteiger charge is -2.14. The first kappa shape index (κ1) is 16.7. The molecule has 1 atom stereocenters. The number of aliphatic hydroxyl groups excluding tert-OH is 1. The highest BCUT2D eigenvalue weighted by Gasteiger charge is 2.14. The molecule has 1 aromatic carbocycles. The fraction of sp³-hybridized carbons (Fsp3) is 0.200. The Morgan fingerprint density at radius 1 is 1.32 bits per heavy atom. The zero-order valence-corrected chi connectivity index (χ0v) is 13.1. The van der Waals surface area contributed by atoms with Crippen molar-refractivity contribution in [1.82, 2.24) is 10.3 Å². The van der Waals surface area contributed by atoms with Crippen molar-refractivity contribution in [2.24, 2.45) is 5.73 Å². The predicted molar refractivity (Wildman–Crippen MR) is 85.9 cm³/mol. The molecule has 22 heavy (non-hydrogen) atoms. The van der Waals surface area contributed by atoms with Crippen LogP contribution in [0, 0.1) is 0 Å². The molecular formula is C15H15Cl2N3O2. The zero-order chi connectivity index (χ0) is 16.1. The van der Waals surface area contributed by atoms with Crippen LogP contribution in [0.1, 0.15) is 27.7 Å². The van der Waals surface area contributed by atoms with Crippen molar-refractivity contribution < 1.29 is 9.90 Å². The van der Waals surface area contributed by atoms with E-state index in [4.69, 9.17) is 28.9 Å². The summed E-state index contributed by atoms with van der Waals surface area (Å²) in [7, 11) is 0. The molecule has 7 heteroatoms. The molecule has 0 radical (unpaired) electrons. The maximum atomic E-state index is 12.0. The fourth-order valence-corrected chi connectivity index (χ4v) is 2.44. The molecule has 1 amide bonds. The Hall–Kier alpha value is -1.66. The Bertz CT molecular complexity index is 680. The van der Waals surface area contributed by atoms with Crippen LogP contribution < -0.4 is 11.1 Å². The number of halogens is 2. The Labute approximate surface area is 138 Å². The van der Waals surface area contributed by atoms with Gasteiger partial charge in [0.1, 0.15) is 0 Å². The van der Waals surface area contributed by atoms with Gasteiger partial charge in [0.25, 0.3) is 5.91 Å². The Balaban J connectivity index is 2.00. The van der Waals surface area contributed by atoms with Gasteiger partial charge in [-0.25, -0.2) is 0 Å². The van der Waals surface area contributed by atoms with Gasteiger partial charge in [0.05, 0.1) is 11.8 Å². The Kier molecular flexibility index (Phi) is 5.74. The van der Waals surface area contributed by atoms with E-state index in [1.54, 1.807) is 30.3 Å². The maximum Gasteiger partial charge on any atom is 0.251 e. The fourth-order valence-electron chi connectivity index (χ4n) is 1.90. The molecule has 116 valence electrons. The summed E-state index contributed by atoms with van der Waals surface area (Å²) in [4.78, 5) is 16.1. The van der Waals surface area contributed by atoms with Crippen LogP contribution in [0.5, 0.6) is 0 Å². The molecule has 0 aliphatic rings. The second kappa shape index (κ2) is 7.56. The molecule has 4 N–H and O–H groups in total. The molecule has 2 rings (SSSR count). The van der Waals surface area contributed by atoms with Gasteiger partial charge in [-0.05, 0) is 24.3 Å². The van der Waals surface area contributed by atoms with Crippen molar-refractivity contribution >= 4 is 29.1 Å². The number of amides is 1. The van der Waals surface area contributed by atoms with Crippen molar-refractivity contribution in [1.29, 1.82) is 0 Å². The van der Waals surface area contributed by atoms with Gasteiger partial charge < -0.3 is 16.2 Å². The molecule has 1 unspecified atom stereocenters. The SMILES string of the molecule is NCc1cc(C(=O)NCC(O)c2ccc(Cl)cc2Cl)ccn1. The molecule has 0 saturated carbocycles. The van der Waals surface area contributed by atoms with E-state index in [-0.39, 0.29) is 19.0 Å². The summed E-state index contributed by atoms with van der Waals surface area (Å²) in [6.45, 7) is 0.282. The number of pyridine rings is 1. The molecule has 5 nitrogen and oxygen atoms in total. The molecule has 1 heterocycles. The quantitative estimate of drug-likeness (QED) is 0.779. The first-order chi connectivity index (χ1) is 10.5. The van der Waals surface area contributed by atoms with Crippen LogP contribution in [0.15, 0.2) is 36.5 Å². The number of nitrogens with zero attached hydrogens (tertiary/aromatic N) is 1. The third-order valence-electron chi connectivity index (χ3n) is 3.07. The summed E-state index contributed by atoms with van der Waals surface area (Å²) in [5, 5.41) is 13.6. The van der Waals surface area contributed by atoms with Crippen molar-refractivity contribution in [2.75, 3.05) is 6.54 Å². The van der Waals surface area contributed by atoms with E-state index in [0.29, 0.717) is 26.9 Å². The van der Waals surface area contributed by atoms with Crippen LogP contribution in [0.2, 0.25) is 10.0 Å². The third kappa shape index (κ3) is 4.18. The average molecular weight is 340 g/mol. The van der Waals surface area contributed by atoms with Crippen LogP contribution in [-0.2, 0) is 6.54 Å². The van der Waals surface area contributed by atoms with Gasteiger partial charge in [0, 0.05) is 40.5 Å². The lowest BCUT2D eigenvalue weighted by Crippen LogP contribution is -2.28. The summed E-state index contributed by atoms with van der Waals surface area (Å²) >= 11 is 11.8. The number of aliphatic hydroxyl groups is 1. The van der Waals surface area contributed by atoms with Crippen LogP contribution in [0.25, 0.3) is 0 Å². The molecule has 0 aliphatic carbocycles. The first-order valence-electron chi connectivity index (χ1n) is 6.57. The molecule has 0 bridgehead atoms. The number of hydrogen-bond donors (Lipinski definition) is 3. The van der Waals surface area contributed by atoms with Crippen molar-refractivity contribution in [3.8, 4) is 0 Å². The smallest absolute Gasteiger partial charge is 0.251 e.